The number of carbonyl (C=O) groups is 2. The predicted molar refractivity (Wildman–Crippen MR) is 74.2 cm³/mol. The highest BCUT2D eigenvalue weighted by Gasteiger charge is 2.29. The molecular weight excluding hydrogens is 258 g/mol. The molecule has 6 nitrogen and oxygen atoms in total. The summed E-state index contributed by atoms with van der Waals surface area (Å²) in [5, 5.41) is 2.85. The smallest absolute Gasteiger partial charge is 0.409 e. The summed E-state index contributed by atoms with van der Waals surface area (Å²) >= 11 is 0. The Labute approximate surface area is 118 Å². The number of anilines is 1. The molecule has 0 spiro atoms. The van der Waals surface area contributed by atoms with E-state index in [1.54, 1.807) is 36.4 Å². The van der Waals surface area contributed by atoms with E-state index in [0.717, 1.165) is 18.5 Å². The zero-order valence-corrected chi connectivity index (χ0v) is 11.5. The summed E-state index contributed by atoms with van der Waals surface area (Å²) < 4.78 is 4.97. The Balaban J connectivity index is 1.91. The molecule has 0 bridgehead atoms. The maximum absolute atomic E-state index is 12.2. The van der Waals surface area contributed by atoms with Crippen LogP contribution in [0.5, 0.6) is 0 Å². The number of hydrogen-bond donors (Lipinski definition) is 1. The minimum atomic E-state index is -0.339. The standard InChI is InChI=1S/C14H19N3O3/c1-2-20-14(19)17-9-3-4-11(10-17)13(18)16-12-5-7-15-8-6-12/h5-8,11H,2-4,9-10H2,1H3,(H,15,16,18)/t11-/m1/s1. The van der Waals surface area contributed by atoms with Crippen LogP contribution in [0.1, 0.15) is 19.8 Å². The molecule has 0 saturated carbocycles. The van der Waals surface area contributed by atoms with Gasteiger partial charge in [-0.15, -0.1) is 0 Å². The second kappa shape index (κ2) is 6.88. The molecule has 2 heterocycles. The van der Waals surface area contributed by atoms with Gasteiger partial charge in [-0.3, -0.25) is 9.78 Å². The van der Waals surface area contributed by atoms with Gasteiger partial charge in [-0.1, -0.05) is 0 Å². The molecule has 1 atom stereocenters. The van der Waals surface area contributed by atoms with Crippen LogP contribution in [0.25, 0.3) is 0 Å². The normalized spacial score (nSPS) is 18.4. The molecule has 1 aliphatic rings. The summed E-state index contributed by atoms with van der Waals surface area (Å²) in [5.41, 5.74) is 0.721. The second-order valence-electron chi connectivity index (χ2n) is 4.71. The number of nitrogens with zero attached hydrogens (tertiary/aromatic N) is 2. The molecule has 108 valence electrons. The third kappa shape index (κ3) is 3.69. The van der Waals surface area contributed by atoms with E-state index in [9.17, 15) is 9.59 Å². The first-order valence-corrected chi connectivity index (χ1v) is 6.83. The van der Waals surface area contributed by atoms with E-state index in [-0.39, 0.29) is 17.9 Å². The summed E-state index contributed by atoms with van der Waals surface area (Å²) in [6.45, 7) is 3.19. The van der Waals surface area contributed by atoms with Gasteiger partial charge >= 0.3 is 6.09 Å². The molecule has 1 fully saturated rings. The molecule has 0 aromatic carbocycles. The second-order valence-corrected chi connectivity index (χ2v) is 4.71. The van der Waals surface area contributed by atoms with Gasteiger partial charge in [-0.05, 0) is 31.9 Å². The molecule has 2 rings (SSSR count). The Kier molecular flexibility index (Phi) is 4.92. The fourth-order valence-corrected chi connectivity index (χ4v) is 2.25. The van der Waals surface area contributed by atoms with Crippen LogP contribution in [0, 0.1) is 5.92 Å². The first-order valence-electron chi connectivity index (χ1n) is 6.83. The minimum Gasteiger partial charge on any atom is -0.450 e. The third-order valence-electron chi connectivity index (χ3n) is 3.27. The maximum atomic E-state index is 12.2. The van der Waals surface area contributed by atoms with Crippen LogP contribution in [-0.2, 0) is 9.53 Å². The number of pyridine rings is 1. The van der Waals surface area contributed by atoms with Crippen molar-refractivity contribution in [3.05, 3.63) is 24.5 Å². The van der Waals surface area contributed by atoms with Crippen molar-refractivity contribution in [2.24, 2.45) is 5.92 Å². The van der Waals surface area contributed by atoms with E-state index in [1.165, 1.54) is 0 Å². The van der Waals surface area contributed by atoms with Crippen molar-refractivity contribution in [1.82, 2.24) is 9.88 Å². The number of likely N-dealkylation sites (tertiary alicyclic amines) is 1. The average Bonchev–Trinajstić information content (AvgIpc) is 2.48. The molecule has 6 heteroatoms. The lowest BCUT2D eigenvalue weighted by molar-refractivity contribution is -0.121. The van der Waals surface area contributed by atoms with Crippen LogP contribution in [0.2, 0.25) is 0 Å². The van der Waals surface area contributed by atoms with Crippen molar-refractivity contribution in [2.75, 3.05) is 25.0 Å². The summed E-state index contributed by atoms with van der Waals surface area (Å²) in [6, 6.07) is 3.48. The van der Waals surface area contributed by atoms with Gasteiger partial charge in [0.2, 0.25) is 5.91 Å². The highest BCUT2D eigenvalue weighted by Crippen LogP contribution is 2.19. The van der Waals surface area contributed by atoms with Crippen LogP contribution in [-0.4, -0.2) is 41.6 Å². The molecule has 1 saturated heterocycles. The monoisotopic (exact) mass is 277 g/mol. The number of aromatic nitrogens is 1. The quantitative estimate of drug-likeness (QED) is 0.915. The van der Waals surface area contributed by atoms with Crippen LogP contribution in [0.3, 0.4) is 0 Å². The van der Waals surface area contributed by atoms with Crippen molar-refractivity contribution < 1.29 is 14.3 Å². The zero-order chi connectivity index (χ0) is 14.4. The van der Waals surface area contributed by atoms with Crippen LogP contribution >= 0.6 is 0 Å². The van der Waals surface area contributed by atoms with Gasteiger partial charge in [-0.25, -0.2) is 4.79 Å². The molecule has 1 aromatic heterocycles. The van der Waals surface area contributed by atoms with Crippen molar-refractivity contribution in [1.29, 1.82) is 0 Å². The van der Waals surface area contributed by atoms with E-state index in [2.05, 4.69) is 10.3 Å². The summed E-state index contributed by atoms with van der Waals surface area (Å²) in [4.78, 5) is 29.4. The number of carbonyl (C=O) groups excluding carboxylic acids is 2. The molecule has 1 aromatic rings. The molecule has 1 N–H and O–H groups in total. The van der Waals surface area contributed by atoms with Crippen molar-refractivity contribution in [3.63, 3.8) is 0 Å². The predicted octanol–water partition coefficient (Wildman–Crippen LogP) is 1.89. The molecule has 20 heavy (non-hydrogen) atoms. The van der Waals surface area contributed by atoms with Gasteiger partial charge in [0.25, 0.3) is 0 Å². The van der Waals surface area contributed by atoms with Crippen LogP contribution in [0.4, 0.5) is 10.5 Å². The first kappa shape index (κ1) is 14.3. The Hall–Kier alpha value is -2.11. The maximum Gasteiger partial charge on any atom is 0.409 e. The van der Waals surface area contributed by atoms with E-state index in [0.29, 0.717) is 19.7 Å². The van der Waals surface area contributed by atoms with Gasteiger partial charge in [0.15, 0.2) is 0 Å². The molecular formula is C14H19N3O3. The Morgan fingerprint density at radius 1 is 1.45 bits per heavy atom. The van der Waals surface area contributed by atoms with Gasteiger partial charge in [0, 0.05) is 31.2 Å². The first-order chi connectivity index (χ1) is 9.70. The number of hydrogen-bond acceptors (Lipinski definition) is 4. The van der Waals surface area contributed by atoms with Gasteiger partial charge in [0.1, 0.15) is 0 Å². The fourth-order valence-electron chi connectivity index (χ4n) is 2.25. The number of ether oxygens (including phenoxy) is 1. The van der Waals surface area contributed by atoms with Gasteiger partial charge in [0.05, 0.1) is 12.5 Å². The Bertz CT molecular complexity index is 464. The average molecular weight is 277 g/mol. The highest BCUT2D eigenvalue weighted by molar-refractivity contribution is 5.92. The molecule has 2 amide bonds. The summed E-state index contributed by atoms with van der Waals surface area (Å²) in [6.07, 6.45) is 4.51. The van der Waals surface area contributed by atoms with Crippen LogP contribution in [0.15, 0.2) is 24.5 Å². The molecule has 1 aliphatic heterocycles. The van der Waals surface area contributed by atoms with E-state index in [1.807, 2.05) is 0 Å². The highest BCUT2D eigenvalue weighted by atomic mass is 16.6. The number of rotatable bonds is 3. The van der Waals surface area contributed by atoms with Crippen molar-refractivity contribution in [3.8, 4) is 0 Å². The van der Waals surface area contributed by atoms with Crippen molar-refractivity contribution >= 4 is 17.7 Å². The largest absolute Gasteiger partial charge is 0.450 e. The lowest BCUT2D eigenvalue weighted by Crippen LogP contribution is -2.44. The Morgan fingerprint density at radius 3 is 2.90 bits per heavy atom. The summed E-state index contributed by atoms with van der Waals surface area (Å²) in [7, 11) is 0. The lowest BCUT2D eigenvalue weighted by Gasteiger charge is -2.31. The van der Waals surface area contributed by atoms with Gasteiger partial charge in [-0.2, -0.15) is 0 Å². The SMILES string of the molecule is CCOC(=O)N1CCC[C@@H](C(=O)Nc2ccncc2)C1. The lowest BCUT2D eigenvalue weighted by atomic mass is 9.97. The van der Waals surface area contributed by atoms with Gasteiger partial charge < -0.3 is 15.0 Å². The summed E-state index contributed by atoms with van der Waals surface area (Å²) in [5.74, 6) is -0.258. The van der Waals surface area contributed by atoms with Crippen LogP contribution < -0.4 is 5.32 Å². The van der Waals surface area contributed by atoms with E-state index in [4.69, 9.17) is 4.74 Å². The number of amides is 2. The minimum absolute atomic E-state index is 0.0646. The zero-order valence-electron chi connectivity index (χ0n) is 11.5. The number of nitrogens with one attached hydrogen (secondary N) is 1. The number of piperidine rings is 1. The molecule has 0 aliphatic carbocycles. The van der Waals surface area contributed by atoms with E-state index < -0.39 is 0 Å². The molecule has 0 radical (unpaired) electrons. The third-order valence-corrected chi connectivity index (χ3v) is 3.27. The van der Waals surface area contributed by atoms with Crippen molar-refractivity contribution in [2.45, 2.75) is 19.8 Å². The molecule has 0 unspecified atom stereocenters. The fraction of sp³-hybridized carbons (Fsp3) is 0.500. The Morgan fingerprint density at radius 2 is 2.20 bits per heavy atom. The topological polar surface area (TPSA) is 71.5 Å². The van der Waals surface area contributed by atoms with E-state index >= 15 is 0 Å².